The van der Waals surface area contributed by atoms with E-state index in [1.807, 2.05) is 0 Å². The number of alkyl halides is 2. The molecule has 0 aliphatic carbocycles. The summed E-state index contributed by atoms with van der Waals surface area (Å²) in [5, 5.41) is 9.92. The third kappa shape index (κ3) is 2.08. The molecule has 0 unspecified atom stereocenters. The summed E-state index contributed by atoms with van der Waals surface area (Å²) in [4.78, 5) is 12.9. The number of hydrogen-bond acceptors (Lipinski definition) is 3. The highest BCUT2D eigenvalue weighted by atomic mass is 127. The van der Waals surface area contributed by atoms with Crippen LogP contribution in [-0.4, -0.2) is 9.91 Å². The van der Waals surface area contributed by atoms with Crippen molar-refractivity contribution in [3.8, 4) is 0 Å². The van der Waals surface area contributed by atoms with Gasteiger partial charge in [0.15, 0.2) is 0 Å². The quantitative estimate of drug-likeness (QED) is 0.361. The summed E-state index contributed by atoms with van der Waals surface area (Å²) in [7, 11) is 0. The van der Waals surface area contributed by atoms with Crippen LogP contribution in [0, 0.1) is 13.7 Å². The lowest BCUT2D eigenvalue weighted by atomic mass is 10.2. The molecule has 0 atom stereocenters. The first-order valence-corrected chi connectivity index (χ1v) is 4.67. The Hall–Kier alpha value is -0.570. The number of nitrogens with zero attached hydrogens (tertiary/aromatic N) is 2. The van der Waals surface area contributed by atoms with Crippen molar-refractivity contribution in [2.24, 2.45) is 0 Å². The number of aromatic nitrogens is 1. The Balaban J connectivity index is 3.50. The topological polar surface area (TPSA) is 56.0 Å². The van der Waals surface area contributed by atoms with Gasteiger partial charge in [0.05, 0.1) is 4.92 Å². The molecule has 4 nitrogen and oxygen atoms in total. The van der Waals surface area contributed by atoms with Crippen molar-refractivity contribution in [1.82, 2.24) is 4.98 Å². The Bertz CT molecular complexity index is 388. The zero-order valence-electron chi connectivity index (χ0n) is 6.38. The standard InChI is InChI=1S/C6H2ClF2IN2O2/c7-5-4(12(13)14)3(6(8)9)2(10)1-11-5/h1,6H. The van der Waals surface area contributed by atoms with Gasteiger partial charge in [-0.05, 0) is 22.6 Å². The molecule has 0 spiro atoms. The zero-order valence-corrected chi connectivity index (χ0v) is 9.29. The lowest BCUT2D eigenvalue weighted by Crippen LogP contribution is -2.01. The molecule has 1 heterocycles. The molecule has 14 heavy (non-hydrogen) atoms. The minimum Gasteiger partial charge on any atom is -0.258 e. The molecule has 1 aromatic heterocycles. The fourth-order valence-corrected chi connectivity index (χ4v) is 1.70. The number of hydrogen-bond donors (Lipinski definition) is 0. The van der Waals surface area contributed by atoms with Gasteiger partial charge in [-0.3, -0.25) is 10.1 Å². The largest absolute Gasteiger partial charge is 0.316 e. The maximum absolute atomic E-state index is 12.4. The van der Waals surface area contributed by atoms with Gasteiger partial charge < -0.3 is 0 Å². The van der Waals surface area contributed by atoms with E-state index in [4.69, 9.17) is 11.6 Å². The van der Waals surface area contributed by atoms with Crippen LogP contribution in [0.15, 0.2) is 6.20 Å². The van der Waals surface area contributed by atoms with E-state index in [0.29, 0.717) is 0 Å². The van der Waals surface area contributed by atoms with Gasteiger partial charge in [0.25, 0.3) is 6.43 Å². The second kappa shape index (κ2) is 4.30. The molecular weight excluding hydrogens is 332 g/mol. The number of rotatable bonds is 2. The van der Waals surface area contributed by atoms with E-state index >= 15 is 0 Å². The fraction of sp³-hybridized carbons (Fsp3) is 0.167. The van der Waals surface area contributed by atoms with Crippen molar-refractivity contribution in [3.05, 3.63) is 30.6 Å². The van der Waals surface area contributed by atoms with Gasteiger partial charge in [0.2, 0.25) is 5.15 Å². The smallest absolute Gasteiger partial charge is 0.258 e. The van der Waals surface area contributed by atoms with E-state index in [9.17, 15) is 18.9 Å². The SMILES string of the molecule is O=[N+]([O-])c1c(Cl)ncc(I)c1C(F)F. The molecular formula is C6H2ClF2IN2O2. The van der Waals surface area contributed by atoms with Crippen LogP contribution < -0.4 is 0 Å². The number of halogens is 4. The molecule has 0 fully saturated rings. The summed E-state index contributed by atoms with van der Waals surface area (Å²) < 4.78 is 24.9. The van der Waals surface area contributed by atoms with Crippen molar-refractivity contribution in [2.75, 3.05) is 0 Å². The van der Waals surface area contributed by atoms with E-state index in [1.54, 1.807) is 22.6 Å². The summed E-state index contributed by atoms with van der Waals surface area (Å²) >= 11 is 6.90. The molecule has 0 amide bonds. The lowest BCUT2D eigenvalue weighted by Gasteiger charge is -2.04. The van der Waals surface area contributed by atoms with Gasteiger partial charge in [-0.1, -0.05) is 11.6 Å². The zero-order chi connectivity index (χ0) is 10.9. The predicted molar refractivity (Wildman–Crippen MR) is 53.6 cm³/mol. The van der Waals surface area contributed by atoms with Crippen molar-refractivity contribution in [2.45, 2.75) is 6.43 Å². The van der Waals surface area contributed by atoms with Crippen molar-refractivity contribution < 1.29 is 13.7 Å². The monoisotopic (exact) mass is 334 g/mol. The summed E-state index contributed by atoms with van der Waals surface area (Å²) in [6.07, 6.45) is -1.88. The van der Waals surface area contributed by atoms with Crippen molar-refractivity contribution in [3.63, 3.8) is 0 Å². The molecule has 0 saturated heterocycles. The van der Waals surface area contributed by atoms with E-state index in [-0.39, 0.29) is 3.57 Å². The number of nitro groups is 1. The van der Waals surface area contributed by atoms with Gasteiger partial charge in [-0.25, -0.2) is 13.8 Å². The van der Waals surface area contributed by atoms with Crippen LogP contribution in [-0.2, 0) is 0 Å². The minimum atomic E-state index is -2.94. The predicted octanol–water partition coefficient (Wildman–Crippen LogP) is 3.19. The van der Waals surface area contributed by atoms with Crippen LogP contribution in [0.25, 0.3) is 0 Å². The molecule has 0 bridgehead atoms. The maximum Gasteiger partial charge on any atom is 0.316 e. The Morgan fingerprint density at radius 2 is 2.21 bits per heavy atom. The molecule has 0 radical (unpaired) electrons. The summed E-state index contributed by atoms with van der Waals surface area (Å²) in [5.74, 6) is 0. The third-order valence-corrected chi connectivity index (χ3v) is 2.54. The van der Waals surface area contributed by atoms with E-state index < -0.39 is 27.8 Å². The minimum absolute atomic E-state index is 0.0219. The highest BCUT2D eigenvalue weighted by molar-refractivity contribution is 14.1. The average molecular weight is 334 g/mol. The third-order valence-electron chi connectivity index (χ3n) is 1.40. The van der Waals surface area contributed by atoms with Crippen LogP contribution >= 0.6 is 34.2 Å². The second-order valence-corrected chi connectivity index (χ2v) is 3.74. The Kier molecular flexibility index (Phi) is 3.53. The van der Waals surface area contributed by atoms with Gasteiger partial charge in [-0.15, -0.1) is 0 Å². The van der Waals surface area contributed by atoms with E-state index in [0.717, 1.165) is 6.20 Å². The fourth-order valence-electron chi connectivity index (χ4n) is 0.850. The summed E-state index contributed by atoms with van der Waals surface area (Å²) in [6, 6.07) is 0. The van der Waals surface area contributed by atoms with Crippen LogP contribution in [0.3, 0.4) is 0 Å². The van der Waals surface area contributed by atoms with Crippen LogP contribution in [0.4, 0.5) is 14.5 Å². The molecule has 0 N–H and O–H groups in total. The first-order valence-electron chi connectivity index (χ1n) is 3.21. The van der Waals surface area contributed by atoms with Crippen LogP contribution in [0.5, 0.6) is 0 Å². The summed E-state index contributed by atoms with van der Waals surface area (Å²) in [6.45, 7) is 0. The molecule has 0 aliphatic rings. The van der Waals surface area contributed by atoms with Gasteiger partial charge in [0.1, 0.15) is 5.56 Å². The second-order valence-electron chi connectivity index (χ2n) is 2.22. The highest BCUT2D eigenvalue weighted by Gasteiger charge is 2.28. The van der Waals surface area contributed by atoms with E-state index in [1.165, 1.54) is 0 Å². The van der Waals surface area contributed by atoms with Crippen LogP contribution in [0.2, 0.25) is 5.15 Å². The molecule has 1 rings (SSSR count). The van der Waals surface area contributed by atoms with Crippen LogP contribution in [0.1, 0.15) is 12.0 Å². The summed E-state index contributed by atoms with van der Waals surface area (Å²) in [5.41, 5.74) is -1.51. The van der Waals surface area contributed by atoms with Crippen molar-refractivity contribution in [1.29, 1.82) is 0 Å². The highest BCUT2D eigenvalue weighted by Crippen LogP contribution is 2.36. The normalized spacial score (nSPS) is 10.6. The average Bonchev–Trinajstić information content (AvgIpc) is 2.07. The molecule has 76 valence electrons. The molecule has 0 aromatic carbocycles. The first-order chi connectivity index (χ1) is 6.45. The molecule has 0 saturated carbocycles. The molecule has 0 aliphatic heterocycles. The van der Waals surface area contributed by atoms with Gasteiger partial charge in [-0.2, -0.15) is 0 Å². The number of pyridine rings is 1. The van der Waals surface area contributed by atoms with Crippen molar-refractivity contribution >= 4 is 39.9 Å². The maximum atomic E-state index is 12.4. The van der Waals surface area contributed by atoms with E-state index in [2.05, 4.69) is 4.98 Å². The lowest BCUT2D eigenvalue weighted by molar-refractivity contribution is -0.386. The Morgan fingerprint density at radius 3 is 2.57 bits per heavy atom. The van der Waals surface area contributed by atoms with Gasteiger partial charge in [0, 0.05) is 9.77 Å². The first kappa shape index (κ1) is 11.5. The Morgan fingerprint density at radius 1 is 1.64 bits per heavy atom. The molecule has 1 aromatic rings. The van der Waals surface area contributed by atoms with Gasteiger partial charge >= 0.3 is 5.69 Å². The molecule has 8 heteroatoms. The Labute approximate surface area is 95.6 Å².